The molecule has 1 unspecified atom stereocenters. The van der Waals surface area contributed by atoms with Crippen LogP contribution in [0.1, 0.15) is 23.2 Å². The summed E-state index contributed by atoms with van der Waals surface area (Å²) in [7, 11) is 2.06. The average Bonchev–Trinajstić information content (AvgIpc) is 2.39. The molecule has 1 atom stereocenters. The molecular weight excluding hydrogens is 247 g/mol. The van der Waals surface area contributed by atoms with Gasteiger partial charge in [0.2, 0.25) is 0 Å². The van der Waals surface area contributed by atoms with E-state index >= 15 is 0 Å². The smallest absolute Gasteiger partial charge is 0.255 e. The molecular formula is C14H19FN2O2. The van der Waals surface area contributed by atoms with Gasteiger partial charge in [0.25, 0.3) is 5.91 Å². The Morgan fingerprint density at radius 2 is 2.37 bits per heavy atom. The third-order valence-corrected chi connectivity index (χ3v) is 3.48. The fourth-order valence-electron chi connectivity index (χ4n) is 2.46. The van der Waals surface area contributed by atoms with Crippen molar-refractivity contribution in [1.29, 1.82) is 0 Å². The molecule has 1 aliphatic heterocycles. The van der Waals surface area contributed by atoms with E-state index in [-0.39, 0.29) is 11.3 Å². The van der Waals surface area contributed by atoms with Crippen LogP contribution < -0.4 is 5.32 Å². The van der Waals surface area contributed by atoms with Crippen LogP contribution in [0.15, 0.2) is 18.2 Å². The van der Waals surface area contributed by atoms with Crippen molar-refractivity contribution in [3.63, 3.8) is 0 Å². The first kappa shape index (κ1) is 13.8. The number of aromatic hydroxyl groups is 1. The molecule has 1 aliphatic rings. The number of nitrogens with one attached hydrogen (secondary N) is 1. The minimum absolute atomic E-state index is 0.0100. The molecule has 1 amide bonds. The number of carbonyl (C=O) groups excluding carboxylic acids is 1. The minimum Gasteiger partial charge on any atom is -0.507 e. The molecule has 0 aliphatic carbocycles. The summed E-state index contributed by atoms with van der Waals surface area (Å²) in [6, 6.07) is 3.37. The van der Waals surface area contributed by atoms with E-state index in [0.29, 0.717) is 12.5 Å². The Morgan fingerprint density at radius 1 is 1.58 bits per heavy atom. The summed E-state index contributed by atoms with van der Waals surface area (Å²) in [4.78, 5) is 14.1. The first-order valence-corrected chi connectivity index (χ1v) is 6.51. The SMILES string of the molecule is CN1CCCC(CNC(=O)c2cc(F)ccc2O)C1. The summed E-state index contributed by atoms with van der Waals surface area (Å²) in [5.74, 6) is -0.733. The summed E-state index contributed by atoms with van der Waals surface area (Å²) in [5, 5.41) is 12.3. The molecule has 1 heterocycles. The maximum absolute atomic E-state index is 13.1. The van der Waals surface area contributed by atoms with Gasteiger partial charge in [0.1, 0.15) is 11.6 Å². The zero-order chi connectivity index (χ0) is 13.8. The zero-order valence-electron chi connectivity index (χ0n) is 11.0. The molecule has 0 radical (unpaired) electrons. The number of carbonyl (C=O) groups is 1. The Morgan fingerprint density at radius 3 is 3.11 bits per heavy atom. The normalized spacial score (nSPS) is 20.2. The number of piperidine rings is 1. The first-order valence-electron chi connectivity index (χ1n) is 6.51. The number of halogens is 1. The second-order valence-corrected chi connectivity index (χ2v) is 5.14. The van der Waals surface area contributed by atoms with Gasteiger partial charge in [-0.15, -0.1) is 0 Å². The van der Waals surface area contributed by atoms with E-state index in [4.69, 9.17) is 0 Å². The Hall–Kier alpha value is -1.62. The van der Waals surface area contributed by atoms with E-state index in [2.05, 4.69) is 17.3 Å². The molecule has 104 valence electrons. The van der Waals surface area contributed by atoms with Crippen molar-refractivity contribution >= 4 is 5.91 Å². The van der Waals surface area contributed by atoms with Gasteiger partial charge in [-0.2, -0.15) is 0 Å². The summed E-state index contributed by atoms with van der Waals surface area (Å²) in [5.41, 5.74) is -0.0100. The summed E-state index contributed by atoms with van der Waals surface area (Å²) in [6.07, 6.45) is 2.21. The average molecular weight is 266 g/mol. The molecule has 2 N–H and O–H groups in total. The van der Waals surface area contributed by atoms with Crippen molar-refractivity contribution in [2.75, 3.05) is 26.7 Å². The van der Waals surface area contributed by atoms with Gasteiger partial charge in [-0.3, -0.25) is 4.79 Å². The predicted octanol–water partition coefficient (Wildman–Crippen LogP) is 1.60. The van der Waals surface area contributed by atoms with Crippen molar-refractivity contribution in [1.82, 2.24) is 10.2 Å². The van der Waals surface area contributed by atoms with E-state index in [1.54, 1.807) is 0 Å². The van der Waals surface area contributed by atoms with Gasteiger partial charge in [0.05, 0.1) is 5.56 Å². The Labute approximate surface area is 112 Å². The molecule has 5 heteroatoms. The molecule has 0 bridgehead atoms. The lowest BCUT2D eigenvalue weighted by atomic mass is 9.98. The van der Waals surface area contributed by atoms with Crippen molar-refractivity contribution in [2.45, 2.75) is 12.8 Å². The van der Waals surface area contributed by atoms with E-state index < -0.39 is 11.7 Å². The number of nitrogens with zero attached hydrogens (tertiary/aromatic N) is 1. The topological polar surface area (TPSA) is 52.6 Å². The van der Waals surface area contributed by atoms with E-state index in [1.807, 2.05) is 0 Å². The highest BCUT2D eigenvalue weighted by Crippen LogP contribution is 2.18. The lowest BCUT2D eigenvalue weighted by molar-refractivity contribution is 0.0933. The lowest BCUT2D eigenvalue weighted by Gasteiger charge is -2.29. The second-order valence-electron chi connectivity index (χ2n) is 5.14. The largest absolute Gasteiger partial charge is 0.507 e. The molecule has 19 heavy (non-hydrogen) atoms. The van der Waals surface area contributed by atoms with Gasteiger partial charge in [-0.05, 0) is 50.6 Å². The van der Waals surface area contributed by atoms with Crippen LogP contribution in [-0.2, 0) is 0 Å². The van der Waals surface area contributed by atoms with Gasteiger partial charge in [-0.1, -0.05) is 0 Å². The van der Waals surface area contributed by atoms with E-state index in [0.717, 1.165) is 38.1 Å². The highest BCUT2D eigenvalue weighted by molar-refractivity contribution is 5.96. The van der Waals surface area contributed by atoms with Gasteiger partial charge in [-0.25, -0.2) is 4.39 Å². The summed E-state index contributed by atoms with van der Waals surface area (Å²) >= 11 is 0. The van der Waals surface area contributed by atoms with Crippen LogP contribution >= 0.6 is 0 Å². The Bertz CT molecular complexity index is 465. The summed E-state index contributed by atoms with van der Waals surface area (Å²) in [6.45, 7) is 2.60. The monoisotopic (exact) mass is 266 g/mol. The van der Waals surface area contributed by atoms with Crippen LogP contribution in [0, 0.1) is 11.7 Å². The zero-order valence-corrected chi connectivity index (χ0v) is 11.0. The molecule has 1 fully saturated rings. The molecule has 0 aromatic heterocycles. The van der Waals surface area contributed by atoms with Gasteiger partial charge >= 0.3 is 0 Å². The molecule has 0 saturated carbocycles. The quantitative estimate of drug-likeness (QED) is 0.874. The van der Waals surface area contributed by atoms with E-state index in [1.165, 1.54) is 6.07 Å². The van der Waals surface area contributed by atoms with Crippen LogP contribution in [-0.4, -0.2) is 42.6 Å². The highest BCUT2D eigenvalue weighted by Gasteiger charge is 2.19. The van der Waals surface area contributed by atoms with Crippen LogP contribution in [0.2, 0.25) is 0 Å². The molecule has 1 aromatic carbocycles. The van der Waals surface area contributed by atoms with Crippen molar-refractivity contribution < 1.29 is 14.3 Å². The summed E-state index contributed by atoms with van der Waals surface area (Å²) < 4.78 is 13.1. The number of benzene rings is 1. The number of hydrogen-bond acceptors (Lipinski definition) is 3. The number of rotatable bonds is 3. The molecule has 1 aromatic rings. The predicted molar refractivity (Wildman–Crippen MR) is 70.6 cm³/mol. The molecule has 0 spiro atoms. The van der Waals surface area contributed by atoms with Gasteiger partial charge < -0.3 is 15.3 Å². The van der Waals surface area contributed by atoms with Crippen LogP contribution in [0.4, 0.5) is 4.39 Å². The molecule has 1 saturated heterocycles. The standard InChI is InChI=1S/C14H19FN2O2/c1-17-6-2-3-10(9-17)8-16-14(19)12-7-11(15)4-5-13(12)18/h4-5,7,10,18H,2-3,6,8-9H2,1H3,(H,16,19). The third kappa shape index (κ3) is 3.67. The Balaban J connectivity index is 1.92. The van der Waals surface area contributed by atoms with Crippen LogP contribution in [0.3, 0.4) is 0 Å². The number of phenols is 1. The first-order chi connectivity index (χ1) is 9.06. The fraction of sp³-hybridized carbons (Fsp3) is 0.500. The Kier molecular flexibility index (Phi) is 4.37. The maximum atomic E-state index is 13.1. The van der Waals surface area contributed by atoms with Crippen molar-refractivity contribution in [3.05, 3.63) is 29.6 Å². The fourth-order valence-corrected chi connectivity index (χ4v) is 2.46. The van der Waals surface area contributed by atoms with E-state index in [9.17, 15) is 14.3 Å². The number of amides is 1. The minimum atomic E-state index is -0.527. The van der Waals surface area contributed by atoms with Crippen molar-refractivity contribution in [2.24, 2.45) is 5.92 Å². The highest BCUT2D eigenvalue weighted by atomic mass is 19.1. The lowest BCUT2D eigenvalue weighted by Crippen LogP contribution is -2.39. The maximum Gasteiger partial charge on any atom is 0.255 e. The van der Waals surface area contributed by atoms with Crippen LogP contribution in [0.25, 0.3) is 0 Å². The van der Waals surface area contributed by atoms with Crippen LogP contribution in [0.5, 0.6) is 5.75 Å². The number of phenolic OH excluding ortho intramolecular Hbond substituents is 1. The van der Waals surface area contributed by atoms with Crippen molar-refractivity contribution in [3.8, 4) is 5.75 Å². The molecule has 4 nitrogen and oxygen atoms in total. The number of hydrogen-bond donors (Lipinski definition) is 2. The third-order valence-electron chi connectivity index (χ3n) is 3.48. The number of likely N-dealkylation sites (tertiary alicyclic amines) is 1. The second kappa shape index (κ2) is 6.02. The molecule has 2 rings (SSSR count). The van der Waals surface area contributed by atoms with Gasteiger partial charge in [0.15, 0.2) is 0 Å². The van der Waals surface area contributed by atoms with Gasteiger partial charge in [0, 0.05) is 13.1 Å².